The molecule has 1 fully saturated rings. The molecular formula is C11H18ClN3S. The van der Waals surface area contributed by atoms with Crippen LogP contribution in [0.5, 0.6) is 0 Å². The maximum Gasteiger partial charge on any atom is 0.202 e. The average molecular weight is 260 g/mol. The number of hydrogen-bond donors (Lipinski definition) is 1. The van der Waals surface area contributed by atoms with Crippen LogP contribution in [0.25, 0.3) is 0 Å². The Morgan fingerprint density at radius 1 is 1.56 bits per heavy atom. The quantitative estimate of drug-likeness (QED) is 0.843. The molecule has 1 aromatic rings. The van der Waals surface area contributed by atoms with E-state index in [-0.39, 0.29) is 10.8 Å². The lowest BCUT2D eigenvalue weighted by Gasteiger charge is -2.49. The summed E-state index contributed by atoms with van der Waals surface area (Å²) in [5.41, 5.74) is 0.151. The molecule has 2 unspecified atom stereocenters. The zero-order valence-corrected chi connectivity index (χ0v) is 11.5. The Balaban J connectivity index is 1.94. The minimum absolute atomic E-state index is 0.151. The second-order valence-corrected chi connectivity index (χ2v) is 6.27. The Morgan fingerprint density at radius 3 is 2.88 bits per heavy atom. The first-order chi connectivity index (χ1) is 7.54. The van der Waals surface area contributed by atoms with Crippen molar-refractivity contribution in [1.29, 1.82) is 0 Å². The fourth-order valence-electron chi connectivity index (χ4n) is 1.90. The monoisotopic (exact) mass is 259 g/mol. The first-order valence-corrected chi connectivity index (χ1v) is 6.98. The number of anilines is 1. The Bertz CT molecular complexity index is 364. The smallest absolute Gasteiger partial charge is 0.202 e. The molecule has 5 heteroatoms. The molecule has 2 atom stereocenters. The van der Waals surface area contributed by atoms with Gasteiger partial charge in [0.1, 0.15) is 5.82 Å². The van der Waals surface area contributed by atoms with Crippen LogP contribution >= 0.6 is 23.1 Å². The van der Waals surface area contributed by atoms with E-state index in [4.69, 9.17) is 11.6 Å². The summed E-state index contributed by atoms with van der Waals surface area (Å²) in [6, 6.07) is 0.428. The summed E-state index contributed by atoms with van der Waals surface area (Å²) in [5.74, 6) is 0.953. The normalized spacial score (nSPS) is 27.5. The van der Waals surface area contributed by atoms with E-state index in [0.29, 0.717) is 6.04 Å². The minimum atomic E-state index is 0.151. The van der Waals surface area contributed by atoms with E-state index in [0.717, 1.165) is 30.2 Å². The van der Waals surface area contributed by atoms with E-state index >= 15 is 0 Å². The van der Waals surface area contributed by atoms with Gasteiger partial charge in [0.15, 0.2) is 0 Å². The van der Waals surface area contributed by atoms with Gasteiger partial charge in [-0.2, -0.15) is 4.37 Å². The maximum atomic E-state index is 6.18. The SMILES string of the molecule is CCCc1nsc(NC2CC(Cl)C2(C)C)n1. The molecule has 0 bridgehead atoms. The van der Waals surface area contributed by atoms with E-state index in [9.17, 15) is 0 Å². The standard InChI is InChI=1S/C11H18ClN3S/c1-4-5-9-14-10(16-15-9)13-8-6-7(12)11(8,2)3/h7-8H,4-6H2,1-3H3,(H,13,14,15). The average Bonchev–Trinajstić information content (AvgIpc) is 2.66. The Labute approximate surface area is 106 Å². The summed E-state index contributed by atoms with van der Waals surface area (Å²) >= 11 is 7.64. The Kier molecular flexibility index (Phi) is 3.40. The molecule has 1 N–H and O–H groups in total. The molecule has 0 saturated heterocycles. The third-order valence-electron chi connectivity index (χ3n) is 3.39. The van der Waals surface area contributed by atoms with Gasteiger partial charge in [0.25, 0.3) is 0 Å². The fraction of sp³-hybridized carbons (Fsp3) is 0.818. The van der Waals surface area contributed by atoms with Gasteiger partial charge in [-0.05, 0) is 12.8 Å². The van der Waals surface area contributed by atoms with Gasteiger partial charge in [0, 0.05) is 34.8 Å². The number of alkyl halides is 1. The number of aryl methyl sites for hydroxylation is 1. The highest BCUT2D eigenvalue weighted by Gasteiger charge is 2.47. The van der Waals surface area contributed by atoms with Crippen LogP contribution in [0, 0.1) is 5.41 Å². The molecule has 1 aliphatic rings. The first-order valence-electron chi connectivity index (χ1n) is 5.77. The van der Waals surface area contributed by atoms with Gasteiger partial charge in [-0.25, -0.2) is 4.98 Å². The van der Waals surface area contributed by atoms with Crippen LogP contribution in [-0.2, 0) is 6.42 Å². The van der Waals surface area contributed by atoms with E-state index in [1.165, 1.54) is 11.5 Å². The summed E-state index contributed by atoms with van der Waals surface area (Å²) < 4.78 is 4.32. The van der Waals surface area contributed by atoms with Gasteiger partial charge >= 0.3 is 0 Å². The topological polar surface area (TPSA) is 37.8 Å². The minimum Gasteiger partial charge on any atom is -0.357 e. The van der Waals surface area contributed by atoms with Crippen molar-refractivity contribution >= 4 is 28.3 Å². The van der Waals surface area contributed by atoms with Crippen LogP contribution in [0.3, 0.4) is 0 Å². The molecule has 0 aromatic carbocycles. The van der Waals surface area contributed by atoms with Crippen molar-refractivity contribution in [1.82, 2.24) is 9.36 Å². The number of nitrogens with zero attached hydrogens (tertiary/aromatic N) is 2. The zero-order chi connectivity index (χ0) is 11.8. The molecule has 0 amide bonds. The maximum absolute atomic E-state index is 6.18. The molecule has 0 aliphatic heterocycles. The Hall–Kier alpha value is -0.350. The van der Waals surface area contributed by atoms with E-state index in [1.54, 1.807) is 0 Å². The third-order valence-corrected chi connectivity index (χ3v) is 4.81. The van der Waals surface area contributed by atoms with E-state index in [1.807, 2.05) is 0 Å². The largest absolute Gasteiger partial charge is 0.357 e. The van der Waals surface area contributed by atoms with Crippen LogP contribution < -0.4 is 5.32 Å². The second-order valence-electron chi connectivity index (χ2n) is 4.99. The van der Waals surface area contributed by atoms with Crippen molar-refractivity contribution in [3.8, 4) is 0 Å². The van der Waals surface area contributed by atoms with Gasteiger partial charge in [-0.1, -0.05) is 20.8 Å². The highest BCUT2D eigenvalue weighted by Crippen LogP contribution is 2.45. The summed E-state index contributed by atoms with van der Waals surface area (Å²) in [6.07, 6.45) is 3.07. The van der Waals surface area contributed by atoms with Crippen molar-refractivity contribution in [3.05, 3.63) is 5.82 Å². The number of nitrogens with one attached hydrogen (secondary N) is 1. The summed E-state index contributed by atoms with van der Waals surface area (Å²) in [6.45, 7) is 6.53. The molecule has 1 heterocycles. The molecule has 1 aliphatic carbocycles. The van der Waals surface area contributed by atoms with Crippen LogP contribution in [0.1, 0.15) is 39.4 Å². The Morgan fingerprint density at radius 2 is 2.31 bits per heavy atom. The van der Waals surface area contributed by atoms with Crippen molar-refractivity contribution < 1.29 is 0 Å². The van der Waals surface area contributed by atoms with Gasteiger partial charge < -0.3 is 5.32 Å². The van der Waals surface area contributed by atoms with Gasteiger partial charge in [-0.15, -0.1) is 11.6 Å². The molecule has 0 spiro atoms. The molecule has 1 saturated carbocycles. The lowest BCUT2D eigenvalue weighted by molar-refractivity contribution is 0.168. The van der Waals surface area contributed by atoms with Crippen molar-refractivity contribution in [3.63, 3.8) is 0 Å². The predicted molar refractivity (Wildman–Crippen MR) is 69.4 cm³/mol. The number of aromatic nitrogens is 2. The van der Waals surface area contributed by atoms with Crippen LogP contribution in [0.4, 0.5) is 5.13 Å². The summed E-state index contributed by atoms with van der Waals surface area (Å²) in [4.78, 5) is 4.47. The lowest BCUT2D eigenvalue weighted by Crippen LogP contribution is -2.54. The highest BCUT2D eigenvalue weighted by molar-refractivity contribution is 7.09. The number of halogens is 1. The van der Waals surface area contributed by atoms with Gasteiger partial charge in [-0.3, -0.25) is 0 Å². The van der Waals surface area contributed by atoms with Crippen molar-refractivity contribution in [2.75, 3.05) is 5.32 Å². The molecule has 90 valence electrons. The third kappa shape index (κ3) is 2.18. The van der Waals surface area contributed by atoms with Crippen LogP contribution in [0.2, 0.25) is 0 Å². The first kappa shape index (κ1) is 12.1. The fourth-order valence-corrected chi connectivity index (χ4v) is 2.90. The van der Waals surface area contributed by atoms with Gasteiger partial charge in [0.05, 0.1) is 0 Å². The predicted octanol–water partition coefficient (Wildman–Crippen LogP) is 3.31. The molecule has 0 radical (unpaired) electrons. The molecule has 16 heavy (non-hydrogen) atoms. The lowest BCUT2D eigenvalue weighted by atomic mass is 9.67. The van der Waals surface area contributed by atoms with Crippen molar-refractivity contribution in [2.24, 2.45) is 5.41 Å². The van der Waals surface area contributed by atoms with Crippen molar-refractivity contribution in [2.45, 2.75) is 51.5 Å². The molecule has 3 nitrogen and oxygen atoms in total. The van der Waals surface area contributed by atoms with Crippen LogP contribution in [0.15, 0.2) is 0 Å². The molecular weight excluding hydrogens is 242 g/mol. The molecule has 2 rings (SSSR count). The second kappa shape index (κ2) is 4.49. The summed E-state index contributed by atoms with van der Waals surface area (Å²) in [5, 5.41) is 4.64. The zero-order valence-electron chi connectivity index (χ0n) is 9.96. The highest BCUT2D eigenvalue weighted by atomic mass is 35.5. The van der Waals surface area contributed by atoms with Crippen LogP contribution in [-0.4, -0.2) is 20.8 Å². The van der Waals surface area contributed by atoms with E-state index < -0.39 is 0 Å². The van der Waals surface area contributed by atoms with Gasteiger partial charge in [0.2, 0.25) is 5.13 Å². The van der Waals surface area contributed by atoms with E-state index in [2.05, 4.69) is 35.4 Å². The number of rotatable bonds is 4. The summed E-state index contributed by atoms with van der Waals surface area (Å²) in [7, 11) is 0. The number of hydrogen-bond acceptors (Lipinski definition) is 4. The molecule has 1 aromatic heterocycles.